The van der Waals surface area contributed by atoms with Gasteiger partial charge in [0.2, 0.25) is 12.7 Å². The van der Waals surface area contributed by atoms with Gasteiger partial charge in [-0.15, -0.1) is 11.3 Å². The Morgan fingerprint density at radius 3 is 2.80 bits per heavy atom. The Balaban J connectivity index is 1.44. The van der Waals surface area contributed by atoms with E-state index in [0.717, 1.165) is 4.57 Å². The standard InChI is InChI=1S/C24H25N3O7S/c1-2-32-23(30)16-4-3-8-25(12-16)20(28)13-26-17-7-9-35-21(17)22(29)27(24(26)31)11-15-5-6-18-19(10-15)34-14-33-18/h5-7,9-10,16H,2-4,8,11-14H2,1H3/t16-/m1/s1. The van der Waals surface area contributed by atoms with Gasteiger partial charge in [-0.25, -0.2) is 4.79 Å². The molecule has 3 aromatic rings. The largest absolute Gasteiger partial charge is 0.466 e. The van der Waals surface area contributed by atoms with Crippen molar-refractivity contribution in [2.45, 2.75) is 32.9 Å². The monoisotopic (exact) mass is 499 g/mol. The lowest BCUT2D eigenvalue weighted by Crippen LogP contribution is -2.47. The van der Waals surface area contributed by atoms with Crippen LogP contribution >= 0.6 is 11.3 Å². The van der Waals surface area contributed by atoms with Gasteiger partial charge in [0, 0.05) is 13.1 Å². The van der Waals surface area contributed by atoms with Crippen molar-refractivity contribution in [2.24, 2.45) is 5.92 Å². The van der Waals surface area contributed by atoms with Crippen LogP contribution in [0, 0.1) is 5.92 Å². The zero-order valence-electron chi connectivity index (χ0n) is 19.2. The van der Waals surface area contributed by atoms with Gasteiger partial charge in [-0.05, 0) is 48.9 Å². The minimum absolute atomic E-state index is 0.0327. The molecule has 4 heterocycles. The molecule has 1 fully saturated rings. The predicted molar refractivity (Wildman–Crippen MR) is 128 cm³/mol. The van der Waals surface area contributed by atoms with Gasteiger partial charge in [0.05, 0.1) is 24.6 Å². The highest BCUT2D eigenvalue weighted by molar-refractivity contribution is 7.17. The fourth-order valence-corrected chi connectivity index (χ4v) is 5.38. The first-order valence-electron chi connectivity index (χ1n) is 11.5. The third-order valence-electron chi connectivity index (χ3n) is 6.30. The van der Waals surface area contributed by atoms with Crippen LogP contribution in [0.25, 0.3) is 10.2 Å². The minimum Gasteiger partial charge on any atom is -0.466 e. The molecular weight excluding hydrogens is 474 g/mol. The van der Waals surface area contributed by atoms with Crippen LogP contribution in [0.5, 0.6) is 11.5 Å². The molecule has 0 bridgehead atoms. The molecule has 2 aliphatic heterocycles. The molecular formula is C24H25N3O7S. The Kier molecular flexibility index (Phi) is 6.33. The molecule has 184 valence electrons. The van der Waals surface area contributed by atoms with Crippen LogP contribution in [0.4, 0.5) is 0 Å². The van der Waals surface area contributed by atoms with Crippen LogP contribution in [-0.2, 0) is 27.4 Å². The number of carbonyl (C=O) groups is 2. The van der Waals surface area contributed by atoms with E-state index < -0.39 is 11.2 Å². The van der Waals surface area contributed by atoms with Crippen LogP contribution in [-0.4, -0.2) is 52.4 Å². The second-order valence-electron chi connectivity index (χ2n) is 8.51. The van der Waals surface area contributed by atoms with Crippen LogP contribution in [0.1, 0.15) is 25.3 Å². The summed E-state index contributed by atoms with van der Waals surface area (Å²) in [7, 11) is 0. The van der Waals surface area contributed by atoms with Gasteiger partial charge in [-0.3, -0.25) is 23.5 Å². The molecule has 10 nitrogen and oxygen atoms in total. The van der Waals surface area contributed by atoms with E-state index in [2.05, 4.69) is 0 Å². The molecule has 35 heavy (non-hydrogen) atoms. The SMILES string of the molecule is CCOC(=O)[C@@H]1CCCN(C(=O)Cn2c(=O)n(Cc3ccc4c(c3)OCO4)c(=O)c3sccc32)C1. The van der Waals surface area contributed by atoms with Crippen molar-refractivity contribution in [1.82, 2.24) is 14.0 Å². The zero-order chi connectivity index (χ0) is 24.5. The number of ether oxygens (including phenoxy) is 3. The number of fused-ring (bicyclic) bond motifs is 2. The van der Waals surface area contributed by atoms with Crippen LogP contribution in [0.2, 0.25) is 0 Å². The summed E-state index contributed by atoms with van der Waals surface area (Å²) in [6.07, 6.45) is 1.35. The summed E-state index contributed by atoms with van der Waals surface area (Å²) in [4.78, 5) is 53.5. The third kappa shape index (κ3) is 4.43. The fraction of sp³-hybridized carbons (Fsp3) is 0.417. The maximum absolute atomic E-state index is 13.4. The van der Waals surface area contributed by atoms with E-state index in [0.29, 0.717) is 53.3 Å². The molecule has 11 heteroatoms. The normalized spacial score (nSPS) is 17.1. The number of hydrogen-bond donors (Lipinski definition) is 0. The number of rotatable bonds is 6. The topological polar surface area (TPSA) is 109 Å². The van der Waals surface area contributed by atoms with Crippen molar-refractivity contribution in [3.63, 3.8) is 0 Å². The molecule has 1 atom stereocenters. The van der Waals surface area contributed by atoms with Gasteiger partial charge in [-0.1, -0.05) is 6.07 Å². The molecule has 2 aliphatic rings. The Bertz CT molecular complexity index is 1410. The molecule has 1 saturated heterocycles. The van der Waals surface area contributed by atoms with E-state index in [1.165, 1.54) is 15.9 Å². The molecule has 0 N–H and O–H groups in total. The molecule has 0 saturated carbocycles. The summed E-state index contributed by atoms with van der Waals surface area (Å²) in [5.41, 5.74) is 0.169. The smallest absolute Gasteiger partial charge is 0.332 e. The lowest BCUT2D eigenvalue weighted by molar-refractivity contribution is -0.151. The highest BCUT2D eigenvalue weighted by atomic mass is 32.1. The van der Waals surface area contributed by atoms with E-state index in [-0.39, 0.29) is 44.2 Å². The van der Waals surface area contributed by atoms with Crippen molar-refractivity contribution < 1.29 is 23.8 Å². The van der Waals surface area contributed by atoms with Crippen molar-refractivity contribution >= 4 is 33.4 Å². The lowest BCUT2D eigenvalue weighted by Gasteiger charge is -2.31. The predicted octanol–water partition coefficient (Wildman–Crippen LogP) is 1.80. The van der Waals surface area contributed by atoms with Crippen LogP contribution < -0.4 is 20.7 Å². The third-order valence-corrected chi connectivity index (χ3v) is 7.19. The number of carbonyl (C=O) groups excluding carboxylic acids is 2. The Labute approximate surface area is 204 Å². The number of aromatic nitrogens is 2. The van der Waals surface area contributed by atoms with Crippen molar-refractivity contribution in [2.75, 3.05) is 26.5 Å². The highest BCUT2D eigenvalue weighted by Gasteiger charge is 2.30. The first-order valence-corrected chi connectivity index (χ1v) is 12.4. The summed E-state index contributed by atoms with van der Waals surface area (Å²) in [5, 5.41) is 1.73. The summed E-state index contributed by atoms with van der Waals surface area (Å²) in [6, 6.07) is 6.94. The van der Waals surface area contributed by atoms with E-state index in [4.69, 9.17) is 14.2 Å². The summed E-state index contributed by atoms with van der Waals surface area (Å²) >= 11 is 1.23. The number of likely N-dealkylation sites (tertiary alicyclic amines) is 1. The van der Waals surface area contributed by atoms with Gasteiger partial charge in [0.15, 0.2) is 11.5 Å². The zero-order valence-corrected chi connectivity index (χ0v) is 20.0. The maximum Gasteiger partial charge on any atom is 0.332 e. The Morgan fingerprint density at radius 2 is 1.97 bits per heavy atom. The fourth-order valence-electron chi connectivity index (χ4n) is 4.54. The molecule has 1 amide bonds. The van der Waals surface area contributed by atoms with Gasteiger partial charge in [-0.2, -0.15) is 0 Å². The van der Waals surface area contributed by atoms with Gasteiger partial charge in [0.1, 0.15) is 11.2 Å². The summed E-state index contributed by atoms with van der Waals surface area (Å²) < 4.78 is 18.7. The number of thiophene rings is 1. The molecule has 0 aliphatic carbocycles. The Morgan fingerprint density at radius 1 is 1.14 bits per heavy atom. The lowest BCUT2D eigenvalue weighted by atomic mass is 9.98. The minimum atomic E-state index is -0.564. The second kappa shape index (κ2) is 9.57. The summed E-state index contributed by atoms with van der Waals surface area (Å²) in [6.45, 7) is 2.75. The van der Waals surface area contributed by atoms with Crippen molar-refractivity contribution in [1.29, 1.82) is 0 Å². The number of esters is 1. The van der Waals surface area contributed by atoms with Crippen molar-refractivity contribution in [3.8, 4) is 11.5 Å². The van der Waals surface area contributed by atoms with Gasteiger partial charge < -0.3 is 19.1 Å². The molecule has 1 aromatic carbocycles. The van der Waals surface area contributed by atoms with Gasteiger partial charge in [0.25, 0.3) is 5.56 Å². The number of hydrogen-bond acceptors (Lipinski definition) is 8. The van der Waals surface area contributed by atoms with Crippen molar-refractivity contribution in [3.05, 3.63) is 56.0 Å². The quantitative estimate of drug-likeness (QED) is 0.476. The average Bonchev–Trinajstić information content (AvgIpc) is 3.54. The average molecular weight is 500 g/mol. The number of benzene rings is 1. The maximum atomic E-state index is 13.4. The first-order chi connectivity index (χ1) is 17.0. The number of piperidine rings is 1. The molecule has 2 aromatic heterocycles. The van der Waals surface area contributed by atoms with Crippen LogP contribution in [0.15, 0.2) is 39.2 Å². The highest BCUT2D eigenvalue weighted by Crippen LogP contribution is 2.32. The van der Waals surface area contributed by atoms with E-state index in [1.54, 1.807) is 41.5 Å². The second-order valence-corrected chi connectivity index (χ2v) is 9.43. The molecule has 0 spiro atoms. The Hall–Kier alpha value is -3.60. The summed E-state index contributed by atoms with van der Waals surface area (Å²) in [5.74, 6) is 0.219. The van der Waals surface area contributed by atoms with E-state index in [9.17, 15) is 19.2 Å². The van der Waals surface area contributed by atoms with Gasteiger partial charge >= 0.3 is 11.7 Å². The molecule has 0 unspecified atom stereocenters. The number of nitrogens with zero attached hydrogens (tertiary/aromatic N) is 3. The van der Waals surface area contributed by atoms with E-state index >= 15 is 0 Å². The molecule has 0 radical (unpaired) electrons. The van der Waals surface area contributed by atoms with Crippen LogP contribution in [0.3, 0.4) is 0 Å². The molecule has 5 rings (SSSR count). The first kappa shape index (κ1) is 23.2. The van der Waals surface area contributed by atoms with E-state index in [1.807, 2.05) is 0 Å². The number of amides is 1.